The first kappa shape index (κ1) is 22.2. The van der Waals surface area contributed by atoms with Crippen LogP contribution >= 0.6 is 11.3 Å². The number of ether oxygens (including phenoxy) is 1. The van der Waals surface area contributed by atoms with Crippen molar-refractivity contribution >= 4 is 34.1 Å². The number of amides is 2. The molecule has 0 spiro atoms. The Morgan fingerprint density at radius 1 is 1.03 bits per heavy atom. The van der Waals surface area contributed by atoms with E-state index in [0.29, 0.717) is 16.4 Å². The third-order valence-electron chi connectivity index (χ3n) is 4.51. The van der Waals surface area contributed by atoms with E-state index in [1.165, 1.54) is 25.2 Å². The van der Waals surface area contributed by atoms with Crippen LogP contribution in [-0.2, 0) is 9.59 Å². The molecule has 3 rings (SSSR count). The van der Waals surface area contributed by atoms with Crippen LogP contribution in [0.4, 0.5) is 5.13 Å². The van der Waals surface area contributed by atoms with Crippen molar-refractivity contribution in [3.8, 4) is 17.0 Å². The van der Waals surface area contributed by atoms with Crippen molar-refractivity contribution in [2.45, 2.75) is 26.8 Å². The Morgan fingerprint density at radius 2 is 1.71 bits per heavy atom. The molecule has 0 aliphatic rings. The van der Waals surface area contributed by atoms with Crippen molar-refractivity contribution in [1.29, 1.82) is 0 Å². The molecule has 1 atom stereocenters. The average molecular weight is 438 g/mol. The van der Waals surface area contributed by atoms with Crippen LogP contribution < -0.4 is 15.4 Å². The number of nitrogens with zero attached hydrogens (tertiary/aromatic N) is 1. The van der Waals surface area contributed by atoms with E-state index in [1.54, 1.807) is 24.3 Å². The van der Waals surface area contributed by atoms with Crippen LogP contribution in [0.15, 0.2) is 53.9 Å². The predicted molar refractivity (Wildman–Crippen MR) is 120 cm³/mol. The second-order valence-electron chi connectivity index (χ2n) is 7.00. The molecule has 0 aliphatic heterocycles. The summed E-state index contributed by atoms with van der Waals surface area (Å²) < 4.78 is 5.45. The molecule has 7 nitrogen and oxygen atoms in total. The molecule has 0 fully saturated rings. The summed E-state index contributed by atoms with van der Waals surface area (Å²) in [5, 5.41) is 7.92. The molecule has 2 N–H and O–H groups in total. The van der Waals surface area contributed by atoms with Gasteiger partial charge in [0.1, 0.15) is 5.75 Å². The first-order chi connectivity index (χ1) is 14.8. The maximum absolute atomic E-state index is 12.2. The van der Waals surface area contributed by atoms with Gasteiger partial charge in [-0.15, -0.1) is 11.3 Å². The van der Waals surface area contributed by atoms with E-state index in [-0.39, 0.29) is 30.2 Å². The predicted octanol–water partition coefficient (Wildman–Crippen LogP) is 4.23. The largest absolute Gasteiger partial charge is 0.484 e. The van der Waals surface area contributed by atoms with E-state index in [1.807, 2.05) is 36.6 Å². The lowest BCUT2D eigenvalue weighted by molar-refractivity contribution is -0.119. The number of anilines is 1. The minimum atomic E-state index is -0.323. The fourth-order valence-corrected chi connectivity index (χ4v) is 3.62. The van der Waals surface area contributed by atoms with Crippen molar-refractivity contribution in [1.82, 2.24) is 10.3 Å². The number of carbonyl (C=O) groups excluding carboxylic acids is 3. The van der Waals surface area contributed by atoms with Gasteiger partial charge in [0.15, 0.2) is 17.5 Å². The first-order valence-corrected chi connectivity index (χ1v) is 10.6. The van der Waals surface area contributed by atoms with Crippen LogP contribution in [0, 0.1) is 0 Å². The number of thiazole rings is 1. The number of ketones is 1. The number of aromatic nitrogens is 1. The molecule has 0 saturated heterocycles. The zero-order valence-corrected chi connectivity index (χ0v) is 18.3. The summed E-state index contributed by atoms with van der Waals surface area (Å²) in [4.78, 5) is 39.1. The summed E-state index contributed by atoms with van der Waals surface area (Å²) >= 11 is 1.33. The van der Waals surface area contributed by atoms with Gasteiger partial charge in [-0.05, 0) is 43.7 Å². The normalized spacial score (nSPS) is 11.5. The van der Waals surface area contributed by atoms with Gasteiger partial charge in [-0.1, -0.05) is 24.3 Å². The number of Topliss-reactive ketones (excluding diaryl/α,β-unsaturated/α-hetero) is 1. The maximum Gasteiger partial charge on any atom is 0.264 e. The highest BCUT2D eigenvalue weighted by molar-refractivity contribution is 7.14. The lowest BCUT2D eigenvalue weighted by Gasteiger charge is -2.13. The lowest BCUT2D eigenvalue weighted by atomic mass is 10.1. The van der Waals surface area contributed by atoms with Gasteiger partial charge < -0.3 is 10.1 Å². The van der Waals surface area contributed by atoms with Crippen molar-refractivity contribution < 1.29 is 19.1 Å². The molecule has 0 saturated carbocycles. The Morgan fingerprint density at radius 3 is 2.32 bits per heavy atom. The fourth-order valence-electron chi connectivity index (χ4n) is 2.88. The summed E-state index contributed by atoms with van der Waals surface area (Å²) in [7, 11) is 0. The quantitative estimate of drug-likeness (QED) is 0.514. The Labute approximate surface area is 184 Å². The maximum atomic E-state index is 12.2. The minimum absolute atomic E-state index is 0.0271. The molecule has 1 unspecified atom stereocenters. The highest BCUT2D eigenvalue weighted by Gasteiger charge is 2.11. The topological polar surface area (TPSA) is 97.4 Å². The van der Waals surface area contributed by atoms with Gasteiger partial charge in [-0.2, -0.15) is 0 Å². The molecule has 2 amide bonds. The molecule has 31 heavy (non-hydrogen) atoms. The van der Waals surface area contributed by atoms with Crippen molar-refractivity contribution in [2.75, 3.05) is 11.9 Å². The van der Waals surface area contributed by atoms with Crippen LogP contribution in [0.1, 0.15) is 42.7 Å². The molecule has 8 heteroatoms. The zero-order valence-electron chi connectivity index (χ0n) is 17.5. The zero-order chi connectivity index (χ0) is 22.4. The summed E-state index contributed by atoms with van der Waals surface area (Å²) in [6, 6.07) is 14.3. The molecular weight excluding hydrogens is 414 g/mol. The van der Waals surface area contributed by atoms with E-state index >= 15 is 0 Å². The Bertz CT molecular complexity index is 1070. The van der Waals surface area contributed by atoms with Crippen molar-refractivity contribution in [2.24, 2.45) is 0 Å². The molecule has 0 radical (unpaired) electrons. The minimum Gasteiger partial charge on any atom is -0.484 e. The molecule has 1 aromatic heterocycles. The first-order valence-electron chi connectivity index (χ1n) is 9.68. The second kappa shape index (κ2) is 9.99. The molecule has 3 aromatic rings. The van der Waals surface area contributed by atoms with Crippen LogP contribution in [0.2, 0.25) is 0 Å². The lowest BCUT2D eigenvalue weighted by Crippen LogP contribution is -2.23. The van der Waals surface area contributed by atoms with E-state index in [9.17, 15) is 14.4 Å². The number of rotatable bonds is 8. The molecule has 0 aliphatic carbocycles. The van der Waals surface area contributed by atoms with E-state index in [4.69, 9.17) is 4.74 Å². The third kappa shape index (κ3) is 6.23. The smallest absolute Gasteiger partial charge is 0.264 e. The molecule has 160 valence electrons. The van der Waals surface area contributed by atoms with E-state index in [2.05, 4.69) is 15.6 Å². The molecule has 2 aromatic carbocycles. The monoisotopic (exact) mass is 437 g/mol. The highest BCUT2D eigenvalue weighted by Crippen LogP contribution is 2.26. The van der Waals surface area contributed by atoms with Crippen molar-refractivity contribution in [3.05, 3.63) is 65.0 Å². The average Bonchev–Trinajstić information content (AvgIpc) is 3.20. The van der Waals surface area contributed by atoms with Gasteiger partial charge >= 0.3 is 0 Å². The SMILES string of the molecule is CC(=O)NC(C)c1ccc(-c2csc(NC(=O)COc3ccc(C(C)=O)cc3)n2)cc1. The Balaban J connectivity index is 1.55. The van der Waals surface area contributed by atoms with E-state index < -0.39 is 0 Å². The number of hydrogen-bond donors (Lipinski definition) is 2. The van der Waals surface area contributed by atoms with Gasteiger partial charge in [0.2, 0.25) is 5.91 Å². The molecule has 0 bridgehead atoms. The number of benzene rings is 2. The van der Waals surface area contributed by atoms with Crippen LogP contribution in [0.25, 0.3) is 11.3 Å². The van der Waals surface area contributed by atoms with Gasteiger partial charge in [-0.3, -0.25) is 19.7 Å². The second-order valence-corrected chi connectivity index (χ2v) is 7.86. The van der Waals surface area contributed by atoms with Crippen LogP contribution in [0.5, 0.6) is 5.75 Å². The Kier molecular flexibility index (Phi) is 7.15. The van der Waals surface area contributed by atoms with Gasteiger partial charge in [0.05, 0.1) is 11.7 Å². The number of nitrogens with one attached hydrogen (secondary N) is 2. The van der Waals surface area contributed by atoms with Gasteiger partial charge in [-0.25, -0.2) is 4.98 Å². The standard InChI is InChI=1S/C23H23N3O4S/c1-14(24-16(3)28)17-4-6-19(7-5-17)21-13-31-23(25-21)26-22(29)12-30-20-10-8-18(9-11-20)15(2)27/h4-11,13-14H,12H2,1-3H3,(H,24,28)(H,25,26,29). The summed E-state index contributed by atoms with van der Waals surface area (Å²) in [6.45, 7) is 4.74. The summed E-state index contributed by atoms with van der Waals surface area (Å²) in [5.74, 6) is 0.0823. The number of hydrogen-bond acceptors (Lipinski definition) is 6. The van der Waals surface area contributed by atoms with Crippen LogP contribution in [0.3, 0.4) is 0 Å². The third-order valence-corrected chi connectivity index (χ3v) is 5.27. The molecular formula is C23H23N3O4S. The van der Waals surface area contributed by atoms with Gasteiger partial charge in [0.25, 0.3) is 5.91 Å². The molecule has 1 heterocycles. The summed E-state index contributed by atoms with van der Waals surface area (Å²) in [5.41, 5.74) is 3.25. The Hall–Kier alpha value is -3.52. The van der Waals surface area contributed by atoms with Gasteiger partial charge in [0, 0.05) is 23.4 Å². The summed E-state index contributed by atoms with van der Waals surface area (Å²) in [6.07, 6.45) is 0. The van der Waals surface area contributed by atoms with Crippen LogP contribution in [-0.4, -0.2) is 29.2 Å². The van der Waals surface area contributed by atoms with E-state index in [0.717, 1.165) is 16.8 Å². The van der Waals surface area contributed by atoms with Crippen molar-refractivity contribution in [3.63, 3.8) is 0 Å². The highest BCUT2D eigenvalue weighted by atomic mass is 32.1. The number of carbonyl (C=O) groups is 3. The fraction of sp³-hybridized carbons (Fsp3) is 0.217.